The Labute approximate surface area is 172 Å². The lowest BCUT2D eigenvalue weighted by Gasteiger charge is -2.40. The van der Waals surface area contributed by atoms with Crippen molar-refractivity contribution in [1.82, 2.24) is 15.3 Å². The van der Waals surface area contributed by atoms with Gasteiger partial charge in [0, 0.05) is 18.6 Å². The number of hydrogen-bond acceptors (Lipinski definition) is 8. The molecule has 27 heavy (non-hydrogen) atoms. The molecule has 0 aliphatic carbocycles. The highest BCUT2D eigenvalue weighted by molar-refractivity contribution is 14.1. The van der Waals surface area contributed by atoms with E-state index in [9.17, 15) is 9.59 Å². The lowest BCUT2D eigenvalue weighted by atomic mass is 9.90. The summed E-state index contributed by atoms with van der Waals surface area (Å²) < 4.78 is 10.6. The average molecular weight is 491 g/mol. The summed E-state index contributed by atoms with van der Waals surface area (Å²) in [5.74, 6) is 0.0667. The highest BCUT2D eigenvalue weighted by Gasteiger charge is 2.34. The van der Waals surface area contributed by atoms with Crippen molar-refractivity contribution in [2.24, 2.45) is 0 Å². The number of nitrogen functional groups attached to an aromatic ring is 1. The molecule has 10 heteroatoms. The molecule has 1 aliphatic heterocycles. The van der Waals surface area contributed by atoms with Gasteiger partial charge in [-0.1, -0.05) is 0 Å². The fourth-order valence-corrected chi connectivity index (χ4v) is 3.16. The van der Waals surface area contributed by atoms with E-state index >= 15 is 0 Å². The monoisotopic (exact) mass is 491 g/mol. The molecule has 3 N–H and O–H groups in total. The molecule has 1 fully saturated rings. The van der Waals surface area contributed by atoms with Crippen molar-refractivity contribution < 1.29 is 19.1 Å². The Morgan fingerprint density at radius 2 is 1.85 bits per heavy atom. The van der Waals surface area contributed by atoms with Crippen molar-refractivity contribution in [2.75, 3.05) is 30.8 Å². The maximum absolute atomic E-state index is 12.1. The Morgan fingerprint density at radius 3 is 2.37 bits per heavy atom. The molecule has 0 spiro atoms. The van der Waals surface area contributed by atoms with E-state index in [1.54, 1.807) is 0 Å². The Morgan fingerprint density at radius 1 is 1.26 bits per heavy atom. The van der Waals surface area contributed by atoms with Crippen molar-refractivity contribution in [1.29, 1.82) is 0 Å². The van der Waals surface area contributed by atoms with Crippen molar-refractivity contribution >= 4 is 46.4 Å². The number of nitrogens with one attached hydrogen (secondary N) is 1. The van der Waals surface area contributed by atoms with E-state index in [0.717, 1.165) is 0 Å². The summed E-state index contributed by atoms with van der Waals surface area (Å²) >= 11 is 1.93. The third-order valence-electron chi connectivity index (χ3n) is 4.20. The Bertz CT molecular complexity index is 727. The minimum absolute atomic E-state index is 0.154. The van der Waals surface area contributed by atoms with Crippen molar-refractivity contribution in [3.05, 3.63) is 9.26 Å². The quantitative estimate of drug-likeness (QED) is 0.489. The molecule has 2 heterocycles. The van der Waals surface area contributed by atoms with Crippen LogP contribution >= 0.6 is 22.6 Å². The smallest absolute Gasteiger partial charge is 0.408 e. The van der Waals surface area contributed by atoms with Gasteiger partial charge in [-0.05, 0) is 63.1 Å². The summed E-state index contributed by atoms with van der Waals surface area (Å²) in [4.78, 5) is 34.5. The van der Waals surface area contributed by atoms with Gasteiger partial charge in [-0.2, -0.15) is 4.98 Å². The van der Waals surface area contributed by atoms with Gasteiger partial charge in [-0.25, -0.2) is 14.6 Å². The number of nitrogens with two attached hydrogens (primary N) is 1. The second kappa shape index (κ2) is 8.03. The molecular formula is C17H26IN5O4. The fourth-order valence-electron chi connectivity index (χ4n) is 2.70. The Balaban J connectivity index is 2.08. The number of halogens is 1. The van der Waals surface area contributed by atoms with Gasteiger partial charge in [0.2, 0.25) is 5.95 Å². The maximum Gasteiger partial charge on any atom is 0.408 e. The van der Waals surface area contributed by atoms with Crippen LogP contribution in [0.1, 0.15) is 51.0 Å². The van der Waals surface area contributed by atoms with Gasteiger partial charge in [-0.3, -0.25) is 0 Å². The first kappa shape index (κ1) is 21.5. The molecule has 9 nitrogen and oxygen atoms in total. The number of esters is 1. The van der Waals surface area contributed by atoms with Gasteiger partial charge in [0.05, 0.1) is 10.7 Å². The van der Waals surface area contributed by atoms with Crippen LogP contribution in [0, 0.1) is 3.57 Å². The SMILES string of the molecule is COC(=O)c1nc(N2CCC(C)(NC(=O)OC(C)(C)C)CC2)nc(N)c1I. The van der Waals surface area contributed by atoms with Crippen LogP contribution < -0.4 is 16.0 Å². The molecule has 0 atom stereocenters. The number of ether oxygens (including phenoxy) is 2. The molecule has 0 unspecified atom stereocenters. The van der Waals surface area contributed by atoms with Crippen molar-refractivity contribution in [2.45, 2.75) is 51.7 Å². The zero-order valence-corrected chi connectivity index (χ0v) is 18.4. The molecule has 0 bridgehead atoms. The standard InChI is InChI=1S/C17H26IN5O4/c1-16(2,3)27-15(25)22-17(4)6-8-23(9-7-17)14-20-11(13(24)26-5)10(18)12(19)21-14/h6-9H2,1-5H3,(H,22,25)(H2,19,20,21). The topological polar surface area (TPSA) is 120 Å². The number of carbonyl (C=O) groups excluding carboxylic acids is 2. The lowest BCUT2D eigenvalue weighted by Crippen LogP contribution is -2.54. The van der Waals surface area contributed by atoms with Crippen molar-refractivity contribution in [3.8, 4) is 0 Å². The second-order valence-corrected chi connectivity index (χ2v) is 8.82. The van der Waals surface area contributed by atoms with Gasteiger partial charge in [0.1, 0.15) is 11.4 Å². The fraction of sp³-hybridized carbons (Fsp3) is 0.647. The predicted octanol–water partition coefficient (Wildman–Crippen LogP) is 2.33. The van der Waals surface area contributed by atoms with Crippen LogP contribution in [-0.4, -0.2) is 53.4 Å². The summed E-state index contributed by atoms with van der Waals surface area (Å²) in [7, 11) is 1.30. The molecule has 1 aromatic rings. The first-order chi connectivity index (χ1) is 12.4. The molecule has 1 saturated heterocycles. The number of carbonyl (C=O) groups is 2. The van der Waals surface area contributed by atoms with E-state index in [4.69, 9.17) is 15.2 Å². The number of alkyl carbamates (subject to hydrolysis) is 1. The summed E-state index contributed by atoms with van der Waals surface area (Å²) in [6.45, 7) is 8.68. The van der Waals surface area contributed by atoms with Crippen LogP contribution in [0.4, 0.5) is 16.6 Å². The zero-order chi connectivity index (χ0) is 20.4. The Hall–Kier alpha value is -1.85. The molecule has 1 aliphatic rings. The first-order valence-electron chi connectivity index (χ1n) is 8.61. The molecule has 150 valence electrons. The Kier molecular flexibility index (Phi) is 6.38. The number of amides is 1. The number of methoxy groups -OCH3 is 1. The molecule has 1 amide bonds. The van der Waals surface area contributed by atoms with E-state index in [1.807, 2.05) is 55.2 Å². The summed E-state index contributed by atoms with van der Waals surface area (Å²) in [5, 5.41) is 2.95. The molecule has 0 saturated carbocycles. The largest absolute Gasteiger partial charge is 0.464 e. The van der Waals surface area contributed by atoms with Gasteiger partial charge >= 0.3 is 12.1 Å². The van der Waals surface area contributed by atoms with Crippen LogP contribution in [-0.2, 0) is 9.47 Å². The molecule has 2 rings (SSSR count). The highest BCUT2D eigenvalue weighted by Crippen LogP contribution is 2.27. The van der Waals surface area contributed by atoms with Crippen LogP contribution in [0.2, 0.25) is 0 Å². The van der Waals surface area contributed by atoms with E-state index < -0.39 is 23.2 Å². The zero-order valence-electron chi connectivity index (χ0n) is 16.3. The van der Waals surface area contributed by atoms with Crippen molar-refractivity contribution in [3.63, 3.8) is 0 Å². The number of anilines is 2. The molecule has 0 aromatic carbocycles. The third-order valence-corrected chi connectivity index (χ3v) is 5.26. The number of hydrogen-bond donors (Lipinski definition) is 2. The van der Waals surface area contributed by atoms with E-state index in [2.05, 4.69) is 15.3 Å². The van der Waals surface area contributed by atoms with E-state index in [-0.39, 0.29) is 11.5 Å². The summed E-state index contributed by atoms with van der Waals surface area (Å²) in [6, 6.07) is 0. The van der Waals surface area contributed by atoms with Gasteiger partial charge in [-0.15, -0.1) is 0 Å². The minimum atomic E-state index is -0.553. The van der Waals surface area contributed by atoms with Crippen LogP contribution in [0.5, 0.6) is 0 Å². The highest BCUT2D eigenvalue weighted by atomic mass is 127. The van der Waals surface area contributed by atoms with Gasteiger partial charge in [0.15, 0.2) is 5.69 Å². The maximum atomic E-state index is 12.1. The predicted molar refractivity (Wildman–Crippen MR) is 110 cm³/mol. The van der Waals surface area contributed by atoms with E-state index in [1.165, 1.54) is 7.11 Å². The van der Waals surface area contributed by atoms with Gasteiger partial charge < -0.3 is 25.4 Å². The van der Waals surface area contributed by atoms with Crippen LogP contribution in [0.15, 0.2) is 0 Å². The number of piperidine rings is 1. The van der Waals surface area contributed by atoms with E-state index in [0.29, 0.717) is 35.4 Å². The number of nitrogens with zero attached hydrogens (tertiary/aromatic N) is 3. The van der Waals surface area contributed by atoms with Crippen LogP contribution in [0.25, 0.3) is 0 Å². The second-order valence-electron chi connectivity index (χ2n) is 7.74. The minimum Gasteiger partial charge on any atom is -0.464 e. The number of aromatic nitrogens is 2. The number of rotatable bonds is 3. The first-order valence-corrected chi connectivity index (χ1v) is 9.69. The summed E-state index contributed by atoms with van der Waals surface area (Å²) in [6.07, 6.45) is 0.922. The molecular weight excluding hydrogens is 465 g/mol. The lowest BCUT2D eigenvalue weighted by molar-refractivity contribution is 0.0447. The summed E-state index contributed by atoms with van der Waals surface area (Å²) in [5.41, 5.74) is 5.15. The molecule has 1 aromatic heterocycles. The third kappa shape index (κ3) is 5.56. The molecule has 0 radical (unpaired) electrons. The van der Waals surface area contributed by atoms with Crippen LogP contribution in [0.3, 0.4) is 0 Å². The normalized spacial score (nSPS) is 16.6. The average Bonchev–Trinajstić information content (AvgIpc) is 2.55. The van der Waals surface area contributed by atoms with Gasteiger partial charge in [0.25, 0.3) is 0 Å².